The summed E-state index contributed by atoms with van der Waals surface area (Å²) >= 11 is 0. The summed E-state index contributed by atoms with van der Waals surface area (Å²) in [6.45, 7) is -0.224. The van der Waals surface area contributed by atoms with Gasteiger partial charge in [0.25, 0.3) is 0 Å². The van der Waals surface area contributed by atoms with Crippen molar-refractivity contribution >= 4 is 17.5 Å². The molecule has 0 heterocycles. The molecular formula is C11H11N3O3. The summed E-state index contributed by atoms with van der Waals surface area (Å²) in [6, 6.07) is 7.65. The van der Waals surface area contributed by atoms with Crippen molar-refractivity contribution in [2.24, 2.45) is 0 Å². The van der Waals surface area contributed by atoms with Gasteiger partial charge in [0.05, 0.1) is 6.07 Å². The van der Waals surface area contributed by atoms with E-state index in [4.69, 9.17) is 5.26 Å². The second-order valence-electron chi connectivity index (χ2n) is 3.22. The maximum Gasteiger partial charge on any atom is 0.316 e. The van der Waals surface area contributed by atoms with Gasteiger partial charge in [-0.15, -0.1) is 0 Å². The van der Waals surface area contributed by atoms with Crippen molar-refractivity contribution in [3.63, 3.8) is 0 Å². The lowest BCUT2D eigenvalue weighted by Gasteiger charge is -2.16. The number of hydrogen-bond donors (Lipinski definition) is 2. The normalized spacial score (nSPS) is 9.18. The zero-order valence-electron chi connectivity index (χ0n) is 9.17. The molecule has 1 rings (SSSR count). The van der Waals surface area contributed by atoms with Crippen LogP contribution in [0.4, 0.5) is 5.69 Å². The second-order valence-corrected chi connectivity index (χ2v) is 3.22. The predicted octanol–water partition coefficient (Wildman–Crippen LogP) is -0.00522. The average molecular weight is 233 g/mol. The largest absolute Gasteiger partial charge is 0.508 e. The number of aromatic hydroxyl groups is 1. The fourth-order valence-electron chi connectivity index (χ4n) is 1.17. The van der Waals surface area contributed by atoms with Crippen LogP contribution in [-0.2, 0) is 9.59 Å². The third-order valence-corrected chi connectivity index (χ3v) is 2.04. The van der Waals surface area contributed by atoms with Gasteiger partial charge in [-0.3, -0.25) is 9.59 Å². The Morgan fingerprint density at radius 2 is 2.24 bits per heavy atom. The van der Waals surface area contributed by atoms with Gasteiger partial charge in [-0.2, -0.15) is 5.26 Å². The number of hydrogen-bond acceptors (Lipinski definition) is 4. The number of nitrogens with one attached hydrogen (secondary N) is 1. The highest BCUT2D eigenvalue weighted by Crippen LogP contribution is 2.18. The first-order valence-electron chi connectivity index (χ1n) is 4.78. The molecule has 0 aromatic heterocycles. The quantitative estimate of drug-likeness (QED) is 0.555. The number of amides is 2. The van der Waals surface area contributed by atoms with E-state index in [-0.39, 0.29) is 12.3 Å². The molecule has 6 heteroatoms. The smallest absolute Gasteiger partial charge is 0.316 e. The average Bonchev–Trinajstić information content (AvgIpc) is 2.34. The van der Waals surface area contributed by atoms with E-state index in [0.717, 1.165) is 4.90 Å². The van der Waals surface area contributed by atoms with Crippen molar-refractivity contribution in [2.75, 3.05) is 18.5 Å². The molecule has 1 aromatic carbocycles. The number of carbonyl (C=O) groups is 2. The van der Waals surface area contributed by atoms with E-state index in [9.17, 15) is 14.7 Å². The summed E-state index contributed by atoms with van der Waals surface area (Å²) in [5.41, 5.74) is 0.391. The summed E-state index contributed by atoms with van der Waals surface area (Å²) in [6.07, 6.45) is 0. The van der Waals surface area contributed by atoms with Gasteiger partial charge in [-0.25, -0.2) is 0 Å². The minimum absolute atomic E-state index is 0.000386. The van der Waals surface area contributed by atoms with Crippen molar-refractivity contribution in [1.82, 2.24) is 5.32 Å². The molecule has 17 heavy (non-hydrogen) atoms. The summed E-state index contributed by atoms with van der Waals surface area (Å²) in [5, 5.41) is 19.7. The lowest BCUT2D eigenvalue weighted by molar-refractivity contribution is -0.137. The van der Waals surface area contributed by atoms with Crippen LogP contribution in [0.1, 0.15) is 0 Å². The van der Waals surface area contributed by atoms with E-state index in [2.05, 4.69) is 5.32 Å². The van der Waals surface area contributed by atoms with Crippen LogP contribution < -0.4 is 10.2 Å². The zero-order valence-corrected chi connectivity index (χ0v) is 9.17. The SMILES string of the molecule is CN(C(=O)C(=O)NCC#N)c1cccc(O)c1. The van der Waals surface area contributed by atoms with E-state index in [1.807, 2.05) is 0 Å². The van der Waals surface area contributed by atoms with Gasteiger partial charge >= 0.3 is 11.8 Å². The summed E-state index contributed by atoms with van der Waals surface area (Å²) < 4.78 is 0. The highest BCUT2D eigenvalue weighted by atomic mass is 16.3. The van der Waals surface area contributed by atoms with Crippen LogP contribution in [0.3, 0.4) is 0 Å². The third kappa shape index (κ3) is 3.21. The van der Waals surface area contributed by atoms with Crippen molar-refractivity contribution < 1.29 is 14.7 Å². The molecule has 0 aliphatic rings. The van der Waals surface area contributed by atoms with Crippen molar-refractivity contribution in [1.29, 1.82) is 5.26 Å². The van der Waals surface area contributed by atoms with Gasteiger partial charge in [0.2, 0.25) is 0 Å². The number of anilines is 1. The van der Waals surface area contributed by atoms with E-state index in [1.54, 1.807) is 18.2 Å². The lowest BCUT2D eigenvalue weighted by Crippen LogP contribution is -2.41. The minimum Gasteiger partial charge on any atom is -0.508 e. The summed E-state index contributed by atoms with van der Waals surface area (Å²) in [4.78, 5) is 24.0. The molecule has 1 aromatic rings. The molecule has 2 amide bonds. The Bertz CT molecular complexity index is 479. The number of carbonyl (C=O) groups excluding carboxylic acids is 2. The maximum absolute atomic E-state index is 11.6. The van der Waals surface area contributed by atoms with E-state index in [1.165, 1.54) is 19.2 Å². The molecule has 0 atom stereocenters. The monoisotopic (exact) mass is 233 g/mol. The molecular weight excluding hydrogens is 222 g/mol. The van der Waals surface area contributed by atoms with Gasteiger partial charge in [0.1, 0.15) is 12.3 Å². The van der Waals surface area contributed by atoms with Crippen LogP contribution in [0.25, 0.3) is 0 Å². The van der Waals surface area contributed by atoms with Crippen LogP contribution in [0.5, 0.6) is 5.75 Å². The molecule has 0 aliphatic heterocycles. The van der Waals surface area contributed by atoms with Crippen LogP contribution >= 0.6 is 0 Å². The van der Waals surface area contributed by atoms with Gasteiger partial charge in [-0.1, -0.05) is 6.07 Å². The Labute approximate surface area is 98.1 Å². The predicted molar refractivity (Wildman–Crippen MR) is 60.1 cm³/mol. The molecule has 0 saturated carbocycles. The fourth-order valence-corrected chi connectivity index (χ4v) is 1.17. The van der Waals surface area contributed by atoms with Gasteiger partial charge in [0, 0.05) is 18.8 Å². The molecule has 0 unspecified atom stereocenters. The standard InChI is InChI=1S/C11H11N3O3/c1-14(8-3-2-4-9(15)7-8)11(17)10(16)13-6-5-12/h2-4,7,15H,6H2,1H3,(H,13,16). The number of rotatable bonds is 2. The Morgan fingerprint density at radius 1 is 1.53 bits per heavy atom. The number of phenolic OH excluding ortho intramolecular Hbond substituents is 1. The van der Waals surface area contributed by atoms with Crippen molar-refractivity contribution in [3.8, 4) is 11.8 Å². The van der Waals surface area contributed by atoms with Crippen LogP contribution in [0.15, 0.2) is 24.3 Å². The fraction of sp³-hybridized carbons (Fsp3) is 0.182. The Morgan fingerprint density at radius 3 is 2.82 bits per heavy atom. The number of phenols is 1. The van der Waals surface area contributed by atoms with Gasteiger partial charge < -0.3 is 15.3 Å². The molecule has 0 radical (unpaired) electrons. The van der Waals surface area contributed by atoms with Gasteiger partial charge in [-0.05, 0) is 12.1 Å². The first kappa shape index (κ1) is 12.5. The van der Waals surface area contributed by atoms with Crippen LogP contribution in [0.2, 0.25) is 0 Å². The zero-order chi connectivity index (χ0) is 12.8. The Hall–Kier alpha value is -2.55. The number of likely N-dealkylation sites (N-methyl/N-ethyl adjacent to an activating group) is 1. The second kappa shape index (κ2) is 5.51. The number of nitriles is 1. The first-order valence-corrected chi connectivity index (χ1v) is 4.78. The number of nitrogens with zero attached hydrogens (tertiary/aromatic N) is 2. The summed E-state index contributed by atoms with van der Waals surface area (Å²) in [7, 11) is 1.41. The highest BCUT2D eigenvalue weighted by molar-refractivity contribution is 6.40. The molecule has 88 valence electrons. The minimum atomic E-state index is -0.864. The molecule has 6 nitrogen and oxygen atoms in total. The third-order valence-electron chi connectivity index (χ3n) is 2.04. The number of benzene rings is 1. The highest BCUT2D eigenvalue weighted by Gasteiger charge is 2.19. The topological polar surface area (TPSA) is 93.4 Å². The molecule has 0 aliphatic carbocycles. The van der Waals surface area contributed by atoms with E-state index >= 15 is 0 Å². The molecule has 0 spiro atoms. The van der Waals surface area contributed by atoms with Gasteiger partial charge in [0.15, 0.2) is 0 Å². The molecule has 0 bridgehead atoms. The van der Waals surface area contributed by atoms with Crippen molar-refractivity contribution in [2.45, 2.75) is 0 Å². The maximum atomic E-state index is 11.6. The molecule has 2 N–H and O–H groups in total. The lowest BCUT2D eigenvalue weighted by atomic mass is 10.2. The first-order chi connectivity index (χ1) is 8.06. The Kier molecular flexibility index (Phi) is 4.06. The Balaban J connectivity index is 2.77. The van der Waals surface area contributed by atoms with Crippen LogP contribution in [-0.4, -0.2) is 30.5 Å². The summed E-state index contributed by atoms with van der Waals surface area (Å²) in [5.74, 6) is -1.66. The molecule has 0 fully saturated rings. The van der Waals surface area contributed by atoms with Crippen LogP contribution in [0, 0.1) is 11.3 Å². The molecule has 0 saturated heterocycles. The van der Waals surface area contributed by atoms with E-state index < -0.39 is 11.8 Å². The van der Waals surface area contributed by atoms with E-state index in [0.29, 0.717) is 5.69 Å². The van der Waals surface area contributed by atoms with Crippen molar-refractivity contribution in [3.05, 3.63) is 24.3 Å².